The molecule has 0 aliphatic rings. The Balaban J connectivity index is 3.15. The molecule has 0 bridgehead atoms. The minimum Gasteiger partial charge on any atom is -0.316 e. The molecule has 0 radical (unpaired) electrons. The fourth-order valence-corrected chi connectivity index (χ4v) is 1.80. The van der Waals surface area contributed by atoms with Crippen LogP contribution in [0, 0.1) is 6.92 Å². The highest BCUT2D eigenvalue weighted by molar-refractivity contribution is 7.09. The third-order valence-corrected chi connectivity index (χ3v) is 2.25. The minimum atomic E-state index is 0.0567. The van der Waals surface area contributed by atoms with Crippen molar-refractivity contribution < 1.29 is 0 Å². The van der Waals surface area contributed by atoms with Gasteiger partial charge in [0.15, 0.2) is 0 Å². The Kier molecular flexibility index (Phi) is 1.94. The molecule has 0 atom stereocenters. The summed E-state index contributed by atoms with van der Waals surface area (Å²) in [5, 5.41) is 0. The Morgan fingerprint density at radius 2 is 2.10 bits per heavy atom. The molecule has 56 valence electrons. The SMILES string of the molecule is Cc1sc(=O)[nH]c1C(C)C. The van der Waals surface area contributed by atoms with Crippen LogP contribution in [0.3, 0.4) is 0 Å². The van der Waals surface area contributed by atoms with Gasteiger partial charge in [-0.1, -0.05) is 25.2 Å². The summed E-state index contributed by atoms with van der Waals surface area (Å²) < 4.78 is 0. The number of thiazole rings is 1. The van der Waals surface area contributed by atoms with Crippen molar-refractivity contribution in [2.75, 3.05) is 0 Å². The molecule has 0 aliphatic heterocycles. The topological polar surface area (TPSA) is 32.9 Å². The van der Waals surface area contributed by atoms with Crippen LogP contribution in [-0.4, -0.2) is 4.98 Å². The van der Waals surface area contributed by atoms with Gasteiger partial charge >= 0.3 is 4.87 Å². The van der Waals surface area contributed by atoms with Crippen LogP contribution in [0.1, 0.15) is 30.3 Å². The van der Waals surface area contributed by atoms with Crippen LogP contribution in [0.5, 0.6) is 0 Å². The van der Waals surface area contributed by atoms with Crippen LogP contribution in [0.15, 0.2) is 4.79 Å². The molecular weight excluding hydrogens is 146 g/mol. The first-order valence-electron chi connectivity index (χ1n) is 3.31. The van der Waals surface area contributed by atoms with Gasteiger partial charge < -0.3 is 4.98 Å². The van der Waals surface area contributed by atoms with Crippen molar-refractivity contribution in [3.05, 3.63) is 20.2 Å². The monoisotopic (exact) mass is 157 g/mol. The first kappa shape index (κ1) is 7.54. The Labute approximate surface area is 63.9 Å². The number of aromatic amines is 1. The molecule has 1 heterocycles. The lowest BCUT2D eigenvalue weighted by Crippen LogP contribution is -1.96. The van der Waals surface area contributed by atoms with Crippen molar-refractivity contribution >= 4 is 11.3 Å². The van der Waals surface area contributed by atoms with Gasteiger partial charge in [-0.25, -0.2) is 0 Å². The molecule has 3 heteroatoms. The molecule has 1 N–H and O–H groups in total. The van der Waals surface area contributed by atoms with E-state index in [-0.39, 0.29) is 4.87 Å². The summed E-state index contributed by atoms with van der Waals surface area (Å²) in [6, 6.07) is 0. The third-order valence-electron chi connectivity index (χ3n) is 1.44. The first-order chi connectivity index (χ1) is 4.61. The number of hydrogen-bond acceptors (Lipinski definition) is 2. The summed E-state index contributed by atoms with van der Waals surface area (Å²) in [7, 11) is 0. The van der Waals surface area contributed by atoms with E-state index in [4.69, 9.17) is 0 Å². The van der Waals surface area contributed by atoms with E-state index in [1.165, 1.54) is 11.3 Å². The van der Waals surface area contributed by atoms with Crippen LogP contribution in [0.4, 0.5) is 0 Å². The number of aromatic nitrogens is 1. The van der Waals surface area contributed by atoms with E-state index in [1.54, 1.807) is 0 Å². The Morgan fingerprint density at radius 3 is 2.30 bits per heavy atom. The molecule has 0 fully saturated rings. The molecule has 0 aromatic carbocycles. The van der Waals surface area contributed by atoms with E-state index in [9.17, 15) is 4.79 Å². The molecule has 0 aliphatic carbocycles. The van der Waals surface area contributed by atoms with E-state index in [1.807, 2.05) is 6.92 Å². The maximum absolute atomic E-state index is 10.8. The second-order valence-corrected chi connectivity index (χ2v) is 3.83. The predicted molar refractivity (Wildman–Crippen MR) is 43.8 cm³/mol. The number of rotatable bonds is 1. The Hall–Kier alpha value is -0.570. The summed E-state index contributed by atoms with van der Waals surface area (Å²) in [6.07, 6.45) is 0. The second kappa shape index (κ2) is 2.58. The molecule has 10 heavy (non-hydrogen) atoms. The summed E-state index contributed by atoms with van der Waals surface area (Å²) in [5.41, 5.74) is 1.08. The van der Waals surface area contributed by atoms with E-state index in [0.29, 0.717) is 5.92 Å². The molecule has 0 saturated heterocycles. The summed E-state index contributed by atoms with van der Waals surface area (Å²) in [4.78, 5) is 14.8. The van der Waals surface area contributed by atoms with Crippen molar-refractivity contribution in [3.8, 4) is 0 Å². The maximum Gasteiger partial charge on any atom is 0.304 e. The standard InChI is InChI=1S/C7H11NOS/c1-4(2)6-5(3)10-7(9)8-6/h4H,1-3H3,(H,8,9). The van der Waals surface area contributed by atoms with Crippen LogP contribution < -0.4 is 4.87 Å². The lowest BCUT2D eigenvalue weighted by molar-refractivity contribution is 0.821. The average molecular weight is 157 g/mol. The molecular formula is C7H11NOS. The summed E-state index contributed by atoms with van der Waals surface area (Å²) in [5.74, 6) is 0.430. The number of H-pyrrole nitrogens is 1. The first-order valence-corrected chi connectivity index (χ1v) is 4.12. The zero-order chi connectivity index (χ0) is 7.72. The number of aryl methyl sites for hydroxylation is 1. The van der Waals surface area contributed by atoms with Gasteiger partial charge in [0, 0.05) is 10.6 Å². The quantitative estimate of drug-likeness (QED) is 0.663. The van der Waals surface area contributed by atoms with Gasteiger partial charge in [0.25, 0.3) is 0 Å². The van der Waals surface area contributed by atoms with Crippen LogP contribution in [-0.2, 0) is 0 Å². The zero-order valence-electron chi connectivity index (χ0n) is 6.39. The molecule has 0 amide bonds. The van der Waals surface area contributed by atoms with E-state index in [0.717, 1.165) is 10.6 Å². The predicted octanol–water partition coefficient (Wildman–Crippen LogP) is 1.87. The Morgan fingerprint density at radius 1 is 1.50 bits per heavy atom. The van der Waals surface area contributed by atoms with Crippen molar-refractivity contribution in [1.82, 2.24) is 4.98 Å². The molecule has 1 aromatic heterocycles. The van der Waals surface area contributed by atoms with Gasteiger partial charge in [-0.2, -0.15) is 0 Å². The van der Waals surface area contributed by atoms with Crippen molar-refractivity contribution in [1.29, 1.82) is 0 Å². The zero-order valence-corrected chi connectivity index (χ0v) is 7.21. The van der Waals surface area contributed by atoms with Crippen molar-refractivity contribution in [2.45, 2.75) is 26.7 Å². The van der Waals surface area contributed by atoms with Gasteiger partial charge in [-0.15, -0.1) is 0 Å². The number of nitrogens with one attached hydrogen (secondary N) is 1. The van der Waals surface area contributed by atoms with Gasteiger partial charge in [-0.3, -0.25) is 4.79 Å². The highest BCUT2D eigenvalue weighted by atomic mass is 32.1. The normalized spacial score (nSPS) is 10.8. The van der Waals surface area contributed by atoms with Crippen molar-refractivity contribution in [3.63, 3.8) is 0 Å². The molecule has 0 unspecified atom stereocenters. The average Bonchev–Trinajstić information content (AvgIpc) is 2.10. The van der Waals surface area contributed by atoms with E-state index >= 15 is 0 Å². The highest BCUT2D eigenvalue weighted by Gasteiger charge is 2.05. The lowest BCUT2D eigenvalue weighted by atomic mass is 10.1. The smallest absolute Gasteiger partial charge is 0.304 e. The molecule has 0 saturated carbocycles. The lowest BCUT2D eigenvalue weighted by Gasteiger charge is -2.00. The fourth-order valence-electron chi connectivity index (χ4n) is 0.968. The van der Waals surface area contributed by atoms with Crippen LogP contribution in [0.25, 0.3) is 0 Å². The molecule has 2 nitrogen and oxygen atoms in total. The molecule has 1 aromatic rings. The summed E-state index contributed by atoms with van der Waals surface area (Å²) in [6.45, 7) is 6.12. The largest absolute Gasteiger partial charge is 0.316 e. The van der Waals surface area contributed by atoms with Crippen molar-refractivity contribution in [2.24, 2.45) is 0 Å². The minimum absolute atomic E-state index is 0.0567. The third kappa shape index (κ3) is 1.29. The molecule has 0 spiro atoms. The fraction of sp³-hybridized carbons (Fsp3) is 0.571. The van der Waals surface area contributed by atoms with Crippen LogP contribution in [0.2, 0.25) is 0 Å². The van der Waals surface area contributed by atoms with Gasteiger partial charge in [0.1, 0.15) is 0 Å². The van der Waals surface area contributed by atoms with Crippen LogP contribution >= 0.6 is 11.3 Å². The van der Waals surface area contributed by atoms with Gasteiger partial charge in [-0.05, 0) is 12.8 Å². The van der Waals surface area contributed by atoms with E-state index < -0.39 is 0 Å². The van der Waals surface area contributed by atoms with E-state index in [2.05, 4.69) is 18.8 Å². The Bertz CT molecular complexity index is 271. The second-order valence-electron chi connectivity index (χ2n) is 2.64. The molecule has 1 rings (SSSR count). The number of hydrogen-bond donors (Lipinski definition) is 1. The maximum atomic E-state index is 10.8. The summed E-state index contributed by atoms with van der Waals surface area (Å²) >= 11 is 1.29. The van der Waals surface area contributed by atoms with Gasteiger partial charge in [0.2, 0.25) is 0 Å². The van der Waals surface area contributed by atoms with Gasteiger partial charge in [0.05, 0.1) is 0 Å². The highest BCUT2D eigenvalue weighted by Crippen LogP contribution is 2.16.